The zero-order chi connectivity index (χ0) is 12.3. The Morgan fingerprint density at radius 3 is 2.88 bits per heavy atom. The zero-order valence-corrected chi connectivity index (χ0v) is 10.8. The quantitative estimate of drug-likeness (QED) is 0.853. The molecule has 2 rings (SSSR count). The Bertz CT molecular complexity index is 357. The van der Waals surface area contributed by atoms with Crippen molar-refractivity contribution in [3.8, 4) is 0 Å². The number of aromatic nitrogens is 2. The van der Waals surface area contributed by atoms with Gasteiger partial charge in [-0.25, -0.2) is 9.97 Å². The Morgan fingerprint density at radius 1 is 1.35 bits per heavy atom. The first kappa shape index (κ1) is 12.1. The van der Waals surface area contributed by atoms with E-state index in [1.165, 1.54) is 25.7 Å². The third kappa shape index (κ3) is 3.08. The fourth-order valence-corrected chi connectivity index (χ4v) is 2.54. The fourth-order valence-electron chi connectivity index (χ4n) is 2.54. The van der Waals surface area contributed by atoms with Crippen molar-refractivity contribution in [1.29, 1.82) is 0 Å². The number of hydrogen-bond donors (Lipinski definition) is 1. The molecule has 1 aliphatic heterocycles. The molecule has 0 saturated carbocycles. The van der Waals surface area contributed by atoms with Crippen molar-refractivity contribution < 1.29 is 0 Å². The molecule has 94 valence electrons. The average molecular weight is 234 g/mol. The normalized spacial score (nSPS) is 21.3. The summed E-state index contributed by atoms with van der Waals surface area (Å²) in [6.07, 6.45) is 5.15. The number of aryl methyl sites for hydroxylation is 1. The summed E-state index contributed by atoms with van der Waals surface area (Å²) in [5, 5.41) is 0. The van der Waals surface area contributed by atoms with Crippen molar-refractivity contribution in [3.05, 3.63) is 11.9 Å². The molecule has 2 heterocycles. The van der Waals surface area contributed by atoms with Gasteiger partial charge in [0.2, 0.25) is 0 Å². The van der Waals surface area contributed by atoms with Gasteiger partial charge < -0.3 is 10.6 Å². The molecule has 1 aromatic heterocycles. The predicted molar refractivity (Wildman–Crippen MR) is 71.0 cm³/mol. The van der Waals surface area contributed by atoms with E-state index >= 15 is 0 Å². The highest BCUT2D eigenvalue weighted by molar-refractivity contribution is 5.46. The Labute approximate surface area is 103 Å². The highest BCUT2D eigenvalue weighted by atomic mass is 15.2. The second kappa shape index (κ2) is 5.34. The molecule has 0 amide bonds. The molecular formula is C13H22N4. The summed E-state index contributed by atoms with van der Waals surface area (Å²) in [5.74, 6) is 3.20. The van der Waals surface area contributed by atoms with Crippen LogP contribution in [0.15, 0.2) is 6.07 Å². The van der Waals surface area contributed by atoms with Crippen LogP contribution in [0.3, 0.4) is 0 Å². The van der Waals surface area contributed by atoms with Gasteiger partial charge in [0.15, 0.2) is 0 Å². The van der Waals surface area contributed by atoms with E-state index in [1.807, 2.05) is 13.0 Å². The van der Waals surface area contributed by atoms with Gasteiger partial charge in [0.1, 0.15) is 17.5 Å². The molecule has 1 fully saturated rings. The second-order valence-electron chi connectivity index (χ2n) is 4.89. The lowest BCUT2D eigenvalue weighted by atomic mass is 9.98. The number of hydrogen-bond acceptors (Lipinski definition) is 4. The van der Waals surface area contributed by atoms with Crippen molar-refractivity contribution in [2.45, 2.75) is 39.5 Å². The van der Waals surface area contributed by atoms with Crippen LogP contribution in [0.25, 0.3) is 0 Å². The van der Waals surface area contributed by atoms with Gasteiger partial charge in [0, 0.05) is 19.2 Å². The first-order chi connectivity index (χ1) is 8.19. The van der Waals surface area contributed by atoms with Gasteiger partial charge in [-0.2, -0.15) is 0 Å². The molecule has 17 heavy (non-hydrogen) atoms. The van der Waals surface area contributed by atoms with Crippen molar-refractivity contribution >= 4 is 11.6 Å². The fraction of sp³-hybridized carbons (Fsp3) is 0.692. The van der Waals surface area contributed by atoms with Gasteiger partial charge >= 0.3 is 0 Å². The van der Waals surface area contributed by atoms with E-state index in [4.69, 9.17) is 5.73 Å². The molecule has 4 nitrogen and oxygen atoms in total. The van der Waals surface area contributed by atoms with Crippen LogP contribution < -0.4 is 10.6 Å². The summed E-state index contributed by atoms with van der Waals surface area (Å²) < 4.78 is 0. The molecule has 0 aliphatic carbocycles. The van der Waals surface area contributed by atoms with E-state index < -0.39 is 0 Å². The van der Waals surface area contributed by atoms with Crippen LogP contribution in [0.4, 0.5) is 11.6 Å². The van der Waals surface area contributed by atoms with E-state index in [1.54, 1.807) is 0 Å². The smallest absolute Gasteiger partial charge is 0.134 e. The molecule has 1 aromatic rings. The Kier molecular flexibility index (Phi) is 3.82. The standard InChI is InChI=1S/C13H22N4/c1-3-11-5-4-7-17(8-6-11)13-9-12(14)15-10(2)16-13/h9,11H,3-8H2,1-2H3,(H2,14,15,16). The Hall–Kier alpha value is -1.32. The minimum Gasteiger partial charge on any atom is -0.384 e. The van der Waals surface area contributed by atoms with Crippen molar-refractivity contribution in [2.75, 3.05) is 23.7 Å². The maximum absolute atomic E-state index is 5.78. The van der Waals surface area contributed by atoms with Gasteiger partial charge in [-0.1, -0.05) is 13.3 Å². The largest absolute Gasteiger partial charge is 0.384 e. The molecule has 1 aliphatic rings. The zero-order valence-electron chi connectivity index (χ0n) is 10.8. The van der Waals surface area contributed by atoms with Crippen molar-refractivity contribution in [1.82, 2.24) is 9.97 Å². The number of anilines is 2. The van der Waals surface area contributed by atoms with Gasteiger partial charge in [0.25, 0.3) is 0 Å². The minimum absolute atomic E-state index is 0.573. The predicted octanol–water partition coefficient (Wildman–Crippen LogP) is 2.38. The van der Waals surface area contributed by atoms with Crippen molar-refractivity contribution in [2.24, 2.45) is 5.92 Å². The van der Waals surface area contributed by atoms with E-state index in [0.717, 1.165) is 30.6 Å². The molecule has 0 radical (unpaired) electrons. The van der Waals surface area contributed by atoms with Gasteiger partial charge in [0.05, 0.1) is 0 Å². The third-order valence-corrected chi connectivity index (χ3v) is 3.59. The van der Waals surface area contributed by atoms with Crippen LogP contribution in [0, 0.1) is 12.8 Å². The Morgan fingerprint density at radius 2 is 2.18 bits per heavy atom. The van der Waals surface area contributed by atoms with E-state index in [-0.39, 0.29) is 0 Å². The van der Waals surface area contributed by atoms with Crippen LogP contribution >= 0.6 is 0 Å². The van der Waals surface area contributed by atoms with E-state index in [9.17, 15) is 0 Å². The molecular weight excluding hydrogens is 212 g/mol. The maximum Gasteiger partial charge on any atom is 0.134 e. The topological polar surface area (TPSA) is 55.0 Å². The SMILES string of the molecule is CCC1CCCN(c2cc(N)nc(C)n2)CC1. The molecule has 1 saturated heterocycles. The number of nitrogen functional groups attached to an aromatic ring is 1. The summed E-state index contributed by atoms with van der Waals surface area (Å²) in [6, 6.07) is 1.89. The molecule has 1 atom stereocenters. The average Bonchev–Trinajstić information content (AvgIpc) is 2.52. The molecule has 0 bridgehead atoms. The highest BCUT2D eigenvalue weighted by Crippen LogP contribution is 2.23. The van der Waals surface area contributed by atoms with Crippen LogP contribution in [0.5, 0.6) is 0 Å². The van der Waals surface area contributed by atoms with Gasteiger partial charge in [-0.3, -0.25) is 0 Å². The van der Waals surface area contributed by atoms with Crippen LogP contribution in [0.1, 0.15) is 38.4 Å². The summed E-state index contributed by atoms with van der Waals surface area (Å²) in [7, 11) is 0. The maximum atomic E-state index is 5.78. The number of nitrogens with two attached hydrogens (primary N) is 1. The summed E-state index contributed by atoms with van der Waals surface area (Å²) in [6.45, 7) is 6.36. The lowest BCUT2D eigenvalue weighted by Crippen LogP contribution is -2.25. The first-order valence-electron chi connectivity index (χ1n) is 6.55. The first-order valence-corrected chi connectivity index (χ1v) is 6.55. The second-order valence-corrected chi connectivity index (χ2v) is 4.89. The molecule has 0 spiro atoms. The molecule has 4 heteroatoms. The monoisotopic (exact) mass is 234 g/mol. The molecule has 1 unspecified atom stereocenters. The van der Waals surface area contributed by atoms with Crippen molar-refractivity contribution in [3.63, 3.8) is 0 Å². The molecule has 2 N–H and O–H groups in total. The third-order valence-electron chi connectivity index (χ3n) is 3.59. The van der Waals surface area contributed by atoms with E-state index in [2.05, 4.69) is 21.8 Å². The number of rotatable bonds is 2. The lowest BCUT2D eigenvalue weighted by molar-refractivity contribution is 0.459. The molecule has 0 aromatic carbocycles. The van der Waals surface area contributed by atoms with Crippen LogP contribution in [0.2, 0.25) is 0 Å². The van der Waals surface area contributed by atoms with Gasteiger partial charge in [-0.15, -0.1) is 0 Å². The van der Waals surface area contributed by atoms with Gasteiger partial charge in [-0.05, 0) is 32.1 Å². The summed E-state index contributed by atoms with van der Waals surface area (Å²) >= 11 is 0. The highest BCUT2D eigenvalue weighted by Gasteiger charge is 2.17. The van der Waals surface area contributed by atoms with E-state index in [0.29, 0.717) is 5.82 Å². The van der Waals surface area contributed by atoms with Crippen LogP contribution in [-0.4, -0.2) is 23.1 Å². The number of nitrogens with zero attached hydrogens (tertiary/aromatic N) is 3. The Balaban J connectivity index is 2.11. The summed E-state index contributed by atoms with van der Waals surface area (Å²) in [4.78, 5) is 11.0. The lowest BCUT2D eigenvalue weighted by Gasteiger charge is -2.22. The minimum atomic E-state index is 0.573. The summed E-state index contributed by atoms with van der Waals surface area (Å²) in [5.41, 5.74) is 5.78. The van der Waals surface area contributed by atoms with Crippen LogP contribution in [-0.2, 0) is 0 Å².